The summed E-state index contributed by atoms with van der Waals surface area (Å²) in [5.74, 6) is 0. The number of hydrogen-bond donors (Lipinski definition) is 0. The minimum Gasteiger partial charge on any atom is -0.0622 e. The first-order valence-corrected chi connectivity index (χ1v) is 21.3. The zero-order chi connectivity index (χ0) is 40.3. The molecule has 0 heterocycles. The molecule has 284 valence electrons. The average molecular weight is 765 g/mol. The van der Waals surface area contributed by atoms with Gasteiger partial charge >= 0.3 is 0 Å². The van der Waals surface area contributed by atoms with Crippen molar-refractivity contribution in [2.45, 2.75) is 38.5 Å². The van der Waals surface area contributed by atoms with E-state index in [4.69, 9.17) is 0 Å². The SMILES string of the molecule is CC1(C)c2ccccc2-c2ccc(-c3ccc4c(-c5c(-c6ccccc6)ccc6ccccc56)c5ccccc5c(-c5ccc6c(c5)C(C)(C)c5ccccc5-6)c4c3)cc21. The van der Waals surface area contributed by atoms with Crippen LogP contribution in [0, 0.1) is 0 Å². The van der Waals surface area contributed by atoms with Crippen LogP contribution in [0.4, 0.5) is 0 Å². The van der Waals surface area contributed by atoms with Crippen LogP contribution in [0.2, 0.25) is 0 Å². The zero-order valence-electron chi connectivity index (χ0n) is 34.5. The minimum absolute atomic E-state index is 0.0790. The molecule has 10 aromatic carbocycles. The van der Waals surface area contributed by atoms with Crippen molar-refractivity contribution in [2.24, 2.45) is 0 Å². The van der Waals surface area contributed by atoms with Crippen molar-refractivity contribution in [3.05, 3.63) is 216 Å². The lowest BCUT2D eigenvalue weighted by Gasteiger charge is -2.24. The van der Waals surface area contributed by atoms with Crippen LogP contribution < -0.4 is 0 Å². The largest absolute Gasteiger partial charge is 0.0622 e. The maximum Gasteiger partial charge on any atom is 0.0159 e. The van der Waals surface area contributed by atoms with E-state index in [0.717, 1.165) is 0 Å². The van der Waals surface area contributed by atoms with E-state index in [0.29, 0.717) is 0 Å². The fraction of sp³-hybridized carbons (Fsp3) is 0.100. The van der Waals surface area contributed by atoms with Crippen molar-refractivity contribution < 1.29 is 0 Å². The molecule has 12 rings (SSSR count). The Bertz CT molecular complexity index is 3410. The Morgan fingerprint density at radius 1 is 0.250 bits per heavy atom. The summed E-state index contributed by atoms with van der Waals surface area (Å²) in [6, 6.07) is 73.2. The summed E-state index contributed by atoms with van der Waals surface area (Å²) < 4.78 is 0. The molecule has 0 saturated carbocycles. The van der Waals surface area contributed by atoms with Gasteiger partial charge in [-0.05, 0) is 140 Å². The second-order valence-electron chi connectivity index (χ2n) is 18.0. The van der Waals surface area contributed by atoms with E-state index < -0.39 is 0 Å². The Morgan fingerprint density at radius 3 is 1.40 bits per heavy atom. The van der Waals surface area contributed by atoms with Gasteiger partial charge in [-0.3, -0.25) is 0 Å². The van der Waals surface area contributed by atoms with Gasteiger partial charge in [-0.2, -0.15) is 0 Å². The summed E-state index contributed by atoms with van der Waals surface area (Å²) >= 11 is 0. The third-order valence-electron chi connectivity index (χ3n) is 14.1. The lowest BCUT2D eigenvalue weighted by Crippen LogP contribution is -2.15. The molecule has 0 aromatic heterocycles. The molecule has 0 amide bonds. The summed E-state index contributed by atoms with van der Waals surface area (Å²) in [5.41, 5.74) is 20.8. The Kier molecular flexibility index (Phi) is 7.42. The molecule has 0 spiro atoms. The van der Waals surface area contributed by atoms with Crippen molar-refractivity contribution in [3.8, 4) is 66.8 Å². The fourth-order valence-corrected chi connectivity index (χ4v) is 11.1. The number of fused-ring (bicyclic) bond motifs is 9. The molecule has 0 bridgehead atoms. The second-order valence-corrected chi connectivity index (χ2v) is 18.0. The highest BCUT2D eigenvalue weighted by Gasteiger charge is 2.37. The van der Waals surface area contributed by atoms with Gasteiger partial charge in [0.15, 0.2) is 0 Å². The van der Waals surface area contributed by atoms with E-state index in [1.54, 1.807) is 0 Å². The van der Waals surface area contributed by atoms with Gasteiger partial charge < -0.3 is 0 Å². The van der Waals surface area contributed by atoms with Crippen LogP contribution >= 0.6 is 0 Å². The van der Waals surface area contributed by atoms with Crippen LogP contribution in [-0.2, 0) is 10.8 Å². The van der Waals surface area contributed by atoms with Crippen LogP contribution in [0.5, 0.6) is 0 Å². The molecule has 60 heavy (non-hydrogen) atoms. The van der Waals surface area contributed by atoms with E-state index in [2.05, 4.69) is 222 Å². The first kappa shape index (κ1) is 35.0. The summed E-state index contributed by atoms with van der Waals surface area (Å²) in [4.78, 5) is 0. The maximum atomic E-state index is 2.51. The maximum absolute atomic E-state index is 2.51. The highest BCUT2D eigenvalue weighted by molar-refractivity contribution is 6.25. The van der Waals surface area contributed by atoms with Crippen LogP contribution in [0.15, 0.2) is 194 Å². The quantitative estimate of drug-likeness (QED) is 0.157. The highest BCUT2D eigenvalue weighted by Crippen LogP contribution is 2.54. The van der Waals surface area contributed by atoms with Crippen molar-refractivity contribution in [3.63, 3.8) is 0 Å². The van der Waals surface area contributed by atoms with Gasteiger partial charge in [0.1, 0.15) is 0 Å². The summed E-state index contributed by atoms with van der Waals surface area (Å²) in [6.07, 6.45) is 0. The van der Waals surface area contributed by atoms with Crippen molar-refractivity contribution in [2.75, 3.05) is 0 Å². The van der Waals surface area contributed by atoms with E-state index in [1.807, 2.05) is 0 Å². The lowest BCUT2D eigenvalue weighted by atomic mass is 9.79. The number of benzene rings is 10. The van der Waals surface area contributed by atoms with Gasteiger partial charge in [-0.25, -0.2) is 0 Å². The van der Waals surface area contributed by atoms with E-state index in [1.165, 1.54) is 121 Å². The molecule has 0 radical (unpaired) electrons. The predicted molar refractivity (Wildman–Crippen MR) is 256 cm³/mol. The molecule has 2 aliphatic rings. The Balaban J connectivity index is 1.18. The minimum atomic E-state index is -0.110. The van der Waals surface area contributed by atoms with Gasteiger partial charge in [0.05, 0.1) is 0 Å². The Morgan fingerprint density at radius 2 is 0.717 bits per heavy atom. The van der Waals surface area contributed by atoms with Crippen LogP contribution in [0.1, 0.15) is 49.9 Å². The first-order chi connectivity index (χ1) is 29.3. The molecule has 0 saturated heterocycles. The van der Waals surface area contributed by atoms with Crippen LogP contribution in [-0.4, -0.2) is 0 Å². The number of hydrogen-bond acceptors (Lipinski definition) is 0. The molecule has 0 nitrogen and oxygen atoms in total. The van der Waals surface area contributed by atoms with Gasteiger partial charge in [-0.1, -0.05) is 204 Å². The van der Waals surface area contributed by atoms with Gasteiger partial charge in [0.25, 0.3) is 0 Å². The fourth-order valence-electron chi connectivity index (χ4n) is 11.1. The molecule has 0 aliphatic heterocycles. The van der Waals surface area contributed by atoms with Crippen LogP contribution in [0.3, 0.4) is 0 Å². The van der Waals surface area contributed by atoms with E-state index >= 15 is 0 Å². The molecule has 2 aliphatic carbocycles. The van der Waals surface area contributed by atoms with Gasteiger partial charge in [0, 0.05) is 10.8 Å². The third-order valence-corrected chi connectivity index (χ3v) is 14.1. The molecule has 10 aromatic rings. The van der Waals surface area contributed by atoms with Crippen molar-refractivity contribution >= 4 is 32.3 Å². The number of rotatable bonds is 4. The molecule has 0 heteroatoms. The monoisotopic (exact) mass is 764 g/mol. The van der Waals surface area contributed by atoms with E-state index in [9.17, 15) is 0 Å². The van der Waals surface area contributed by atoms with Crippen LogP contribution in [0.25, 0.3) is 99.1 Å². The molecular formula is C60H44. The normalized spacial score (nSPS) is 14.3. The van der Waals surface area contributed by atoms with E-state index in [-0.39, 0.29) is 10.8 Å². The third kappa shape index (κ3) is 4.91. The first-order valence-electron chi connectivity index (χ1n) is 21.3. The van der Waals surface area contributed by atoms with Gasteiger partial charge in [-0.15, -0.1) is 0 Å². The molecular weight excluding hydrogens is 721 g/mol. The highest BCUT2D eigenvalue weighted by atomic mass is 14.4. The topological polar surface area (TPSA) is 0 Å². The Labute approximate surface area is 352 Å². The summed E-state index contributed by atoms with van der Waals surface area (Å²) in [7, 11) is 0. The molecule has 0 N–H and O–H groups in total. The Hall–Kier alpha value is -7.02. The predicted octanol–water partition coefficient (Wildman–Crippen LogP) is 16.4. The smallest absolute Gasteiger partial charge is 0.0159 e. The molecule has 0 atom stereocenters. The zero-order valence-corrected chi connectivity index (χ0v) is 34.5. The second kappa shape index (κ2) is 12.7. The average Bonchev–Trinajstić information content (AvgIpc) is 3.66. The summed E-state index contributed by atoms with van der Waals surface area (Å²) in [6.45, 7) is 9.53. The lowest BCUT2D eigenvalue weighted by molar-refractivity contribution is 0.660. The summed E-state index contributed by atoms with van der Waals surface area (Å²) in [5, 5.41) is 7.57. The standard InChI is InChI=1S/C60H44/c1-59(2)52-24-14-12-20-44(52)46-31-27-40(35-54(46)59)39-28-33-50-51(34-39)56(41-29-32-47-45-21-13-15-25-53(45)60(3,4)55(47)36-41)48-22-10-11-23-49(48)58(50)57-42-19-9-8-18-38(42)26-30-43(57)37-16-6-5-7-17-37/h5-36H,1-4H3. The molecule has 0 unspecified atom stereocenters. The van der Waals surface area contributed by atoms with Crippen molar-refractivity contribution in [1.82, 2.24) is 0 Å². The molecule has 0 fully saturated rings. The van der Waals surface area contributed by atoms with Gasteiger partial charge in [0.2, 0.25) is 0 Å². The van der Waals surface area contributed by atoms with Crippen molar-refractivity contribution in [1.29, 1.82) is 0 Å².